The first-order valence-corrected chi connectivity index (χ1v) is 6.85. The first-order valence-electron chi connectivity index (χ1n) is 6.85. The molecule has 100 valence electrons. The molecule has 2 atom stereocenters. The lowest BCUT2D eigenvalue weighted by Crippen LogP contribution is -2.45. The summed E-state index contributed by atoms with van der Waals surface area (Å²) in [5.41, 5.74) is 0. The summed E-state index contributed by atoms with van der Waals surface area (Å²) in [5.74, 6) is 0.293. The molecule has 1 rings (SSSR count). The summed E-state index contributed by atoms with van der Waals surface area (Å²) in [7, 11) is 0. The molecule has 0 saturated carbocycles. The Balaban J connectivity index is 2.35. The second kappa shape index (κ2) is 7.67. The standard InChI is InChI=1S/C13H26N2O2/c1-3-7-14-13(17)11-6-5-8-15(9-11)10-12(16)4-2/h11-12,16H,3-10H2,1-2H3,(H,14,17)/t11?,12-/m1/s1. The molecular formula is C13H26N2O2. The van der Waals surface area contributed by atoms with Gasteiger partial charge in [-0.1, -0.05) is 13.8 Å². The lowest BCUT2D eigenvalue weighted by Gasteiger charge is -2.33. The Morgan fingerprint density at radius 1 is 1.53 bits per heavy atom. The van der Waals surface area contributed by atoms with E-state index in [2.05, 4.69) is 17.1 Å². The van der Waals surface area contributed by atoms with Gasteiger partial charge in [0.1, 0.15) is 0 Å². The van der Waals surface area contributed by atoms with E-state index >= 15 is 0 Å². The average molecular weight is 242 g/mol. The number of nitrogens with one attached hydrogen (secondary N) is 1. The van der Waals surface area contributed by atoms with Gasteiger partial charge in [-0.3, -0.25) is 9.69 Å². The number of aliphatic hydroxyl groups is 1. The maximum Gasteiger partial charge on any atom is 0.224 e. The molecule has 1 unspecified atom stereocenters. The summed E-state index contributed by atoms with van der Waals surface area (Å²) in [6, 6.07) is 0. The third-order valence-corrected chi connectivity index (χ3v) is 3.37. The van der Waals surface area contributed by atoms with Gasteiger partial charge in [-0.25, -0.2) is 0 Å². The highest BCUT2D eigenvalue weighted by Crippen LogP contribution is 2.17. The van der Waals surface area contributed by atoms with E-state index in [-0.39, 0.29) is 17.9 Å². The number of aliphatic hydroxyl groups excluding tert-OH is 1. The normalized spacial score (nSPS) is 23.4. The van der Waals surface area contributed by atoms with Crippen molar-refractivity contribution < 1.29 is 9.90 Å². The minimum Gasteiger partial charge on any atom is -0.392 e. The molecule has 0 radical (unpaired) electrons. The van der Waals surface area contributed by atoms with Gasteiger partial charge in [0.05, 0.1) is 12.0 Å². The minimum atomic E-state index is -0.257. The van der Waals surface area contributed by atoms with Crippen molar-refractivity contribution in [3.63, 3.8) is 0 Å². The van der Waals surface area contributed by atoms with Crippen LogP contribution in [-0.4, -0.2) is 48.2 Å². The third-order valence-electron chi connectivity index (χ3n) is 3.37. The molecule has 1 heterocycles. The zero-order valence-corrected chi connectivity index (χ0v) is 11.1. The molecule has 1 fully saturated rings. The van der Waals surface area contributed by atoms with Crippen LogP contribution in [0.5, 0.6) is 0 Å². The minimum absolute atomic E-state index is 0.111. The van der Waals surface area contributed by atoms with Crippen LogP contribution in [0.4, 0.5) is 0 Å². The average Bonchev–Trinajstić information content (AvgIpc) is 2.36. The smallest absolute Gasteiger partial charge is 0.224 e. The van der Waals surface area contributed by atoms with Gasteiger partial charge in [-0.15, -0.1) is 0 Å². The van der Waals surface area contributed by atoms with E-state index in [9.17, 15) is 9.90 Å². The number of amides is 1. The lowest BCUT2D eigenvalue weighted by atomic mass is 9.96. The fraction of sp³-hybridized carbons (Fsp3) is 0.923. The lowest BCUT2D eigenvalue weighted by molar-refractivity contribution is -0.126. The molecule has 4 heteroatoms. The number of piperidine rings is 1. The van der Waals surface area contributed by atoms with Crippen molar-refractivity contribution in [3.05, 3.63) is 0 Å². The van der Waals surface area contributed by atoms with E-state index in [0.717, 1.165) is 45.3 Å². The Hall–Kier alpha value is -0.610. The van der Waals surface area contributed by atoms with Gasteiger partial charge in [0.25, 0.3) is 0 Å². The number of hydrogen-bond acceptors (Lipinski definition) is 3. The molecule has 2 N–H and O–H groups in total. The highest BCUT2D eigenvalue weighted by Gasteiger charge is 2.26. The zero-order chi connectivity index (χ0) is 12.7. The second-order valence-corrected chi connectivity index (χ2v) is 4.95. The molecule has 0 bridgehead atoms. The predicted octanol–water partition coefficient (Wildman–Crippen LogP) is 0.995. The van der Waals surface area contributed by atoms with Crippen molar-refractivity contribution in [2.45, 2.75) is 45.6 Å². The van der Waals surface area contributed by atoms with Gasteiger partial charge < -0.3 is 10.4 Å². The molecule has 0 spiro atoms. The van der Waals surface area contributed by atoms with Crippen LogP contribution in [-0.2, 0) is 4.79 Å². The van der Waals surface area contributed by atoms with Gasteiger partial charge in [0, 0.05) is 19.6 Å². The molecule has 1 aliphatic rings. The highest BCUT2D eigenvalue weighted by atomic mass is 16.3. The van der Waals surface area contributed by atoms with Crippen LogP contribution in [0, 0.1) is 5.92 Å². The Labute approximate surface area is 104 Å². The van der Waals surface area contributed by atoms with Crippen LogP contribution in [0.3, 0.4) is 0 Å². The summed E-state index contributed by atoms with van der Waals surface area (Å²) in [5, 5.41) is 12.6. The number of rotatable bonds is 6. The van der Waals surface area contributed by atoms with Crippen LogP contribution in [0.25, 0.3) is 0 Å². The van der Waals surface area contributed by atoms with Crippen LogP contribution >= 0.6 is 0 Å². The van der Waals surface area contributed by atoms with E-state index in [4.69, 9.17) is 0 Å². The number of likely N-dealkylation sites (tertiary alicyclic amines) is 1. The molecule has 1 aliphatic heterocycles. The second-order valence-electron chi connectivity index (χ2n) is 4.95. The van der Waals surface area contributed by atoms with Crippen molar-refractivity contribution >= 4 is 5.91 Å². The summed E-state index contributed by atoms with van der Waals surface area (Å²) in [4.78, 5) is 14.1. The van der Waals surface area contributed by atoms with Gasteiger partial charge in [0.2, 0.25) is 5.91 Å². The maximum absolute atomic E-state index is 11.9. The summed E-state index contributed by atoms with van der Waals surface area (Å²) < 4.78 is 0. The number of β-amino-alcohol motifs (C(OH)–C–C–N with tert-alkyl or cyclic N) is 1. The molecule has 0 aliphatic carbocycles. The zero-order valence-electron chi connectivity index (χ0n) is 11.1. The Morgan fingerprint density at radius 2 is 2.29 bits per heavy atom. The quantitative estimate of drug-likeness (QED) is 0.730. The van der Waals surface area contributed by atoms with Crippen molar-refractivity contribution in [3.8, 4) is 0 Å². The van der Waals surface area contributed by atoms with Gasteiger partial charge in [0.15, 0.2) is 0 Å². The Kier molecular flexibility index (Phi) is 6.52. The molecule has 4 nitrogen and oxygen atoms in total. The van der Waals surface area contributed by atoms with Crippen molar-refractivity contribution in [2.24, 2.45) is 5.92 Å². The summed E-state index contributed by atoms with van der Waals surface area (Å²) in [6.07, 6.45) is 3.54. The number of hydrogen-bond donors (Lipinski definition) is 2. The van der Waals surface area contributed by atoms with Crippen molar-refractivity contribution in [1.82, 2.24) is 10.2 Å². The fourth-order valence-corrected chi connectivity index (χ4v) is 2.26. The summed E-state index contributed by atoms with van der Waals surface area (Å²) >= 11 is 0. The van der Waals surface area contributed by atoms with Gasteiger partial charge in [-0.2, -0.15) is 0 Å². The first-order chi connectivity index (χ1) is 8.17. The SMILES string of the molecule is CCCNC(=O)C1CCCN(C[C@H](O)CC)C1. The van der Waals surface area contributed by atoms with Gasteiger partial charge in [-0.05, 0) is 32.2 Å². The van der Waals surface area contributed by atoms with Crippen LogP contribution in [0.1, 0.15) is 39.5 Å². The molecule has 17 heavy (non-hydrogen) atoms. The Bertz CT molecular complexity index is 233. The van der Waals surface area contributed by atoms with E-state index < -0.39 is 0 Å². The van der Waals surface area contributed by atoms with E-state index in [1.165, 1.54) is 0 Å². The van der Waals surface area contributed by atoms with Crippen LogP contribution < -0.4 is 5.32 Å². The molecular weight excluding hydrogens is 216 g/mol. The largest absolute Gasteiger partial charge is 0.392 e. The van der Waals surface area contributed by atoms with E-state index in [1.807, 2.05) is 6.92 Å². The molecule has 1 amide bonds. The third kappa shape index (κ3) is 5.04. The summed E-state index contributed by atoms with van der Waals surface area (Å²) in [6.45, 7) is 7.33. The van der Waals surface area contributed by atoms with E-state index in [1.54, 1.807) is 0 Å². The highest BCUT2D eigenvalue weighted by molar-refractivity contribution is 5.78. The predicted molar refractivity (Wildman–Crippen MR) is 68.8 cm³/mol. The number of nitrogens with zero attached hydrogens (tertiary/aromatic N) is 1. The monoisotopic (exact) mass is 242 g/mol. The molecule has 1 saturated heterocycles. The van der Waals surface area contributed by atoms with Gasteiger partial charge >= 0.3 is 0 Å². The van der Waals surface area contributed by atoms with Crippen molar-refractivity contribution in [2.75, 3.05) is 26.2 Å². The molecule has 0 aromatic heterocycles. The van der Waals surface area contributed by atoms with Crippen molar-refractivity contribution in [1.29, 1.82) is 0 Å². The first kappa shape index (κ1) is 14.5. The number of carbonyl (C=O) groups is 1. The maximum atomic E-state index is 11.9. The molecule has 0 aromatic rings. The van der Waals surface area contributed by atoms with E-state index in [0.29, 0.717) is 6.54 Å². The number of carbonyl (C=O) groups excluding carboxylic acids is 1. The molecule has 0 aromatic carbocycles. The Morgan fingerprint density at radius 3 is 2.94 bits per heavy atom. The van der Waals surface area contributed by atoms with Crippen LogP contribution in [0.15, 0.2) is 0 Å². The van der Waals surface area contributed by atoms with Crippen LogP contribution in [0.2, 0.25) is 0 Å². The fourth-order valence-electron chi connectivity index (χ4n) is 2.26. The topological polar surface area (TPSA) is 52.6 Å².